The first-order chi connectivity index (χ1) is 17.6. The Morgan fingerprint density at radius 1 is 0.944 bits per heavy atom. The number of rotatable bonds is 8. The molecule has 3 atom stereocenters. The monoisotopic (exact) mass is 484 g/mol. The van der Waals surface area contributed by atoms with Gasteiger partial charge in [-0.2, -0.15) is 0 Å². The molecule has 2 heterocycles. The van der Waals surface area contributed by atoms with Crippen LogP contribution in [0.15, 0.2) is 79.4 Å². The number of hydrogen-bond acceptors (Lipinski definition) is 5. The van der Waals surface area contributed by atoms with Gasteiger partial charge in [-0.25, -0.2) is 0 Å². The van der Waals surface area contributed by atoms with Crippen molar-refractivity contribution >= 4 is 11.6 Å². The van der Waals surface area contributed by atoms with Crippen LogP contribution in [0.25, 0.3) is 0 Å². The van der Waals surface area contributed by atoms with Crippen LogP contribution >= 0.6 is 0 Å². The molecule has 0 aromatic heterocycles. The number of hydrogen-bond donors (Lipinski definition) is 0. The number of nitrogens with zero attached hydrogens (tertiary/aromatic N) is 2. The van der Waals surface area contributed by atoms with Gasteiger partial charge in [0.05, 0.1) is 33.3 Å². The molecule has 0 spiro atoms. The van der Waals surface area contributed by atoms with Gasteiger partial charge < -0.3 is 24.0 Å². The van der Waals surface area contributed by atoms with Gasteiger partial charge in [0.15, 0.2) is 0 Å². The number of likely N-dealkylation sites (tertiary alicyclic amines) is 1. The second kappa shape index (κ2) is 9.97. The molecule has 186 valence electrons. The second-order valence-electron chi connectivity index (χ2n) is 9.24. The highest BCUT2D eigenvalue weighted by Crippen LogP contribution is 2.49. The van der Waals surface area contributed by atoms with E-state index in [0.717, 1.165) is 34.1 Å². The molecule has 6 heteroatoms. The Labute approximate surface area is 212 Å². The van der Waals surface area contributed by atoms with Crippen LogP contribution in [0.4, 0.5) is 5.69 Å². The molecule has 0 aliphatic carbocycles. The van der Waals surface area contributed by atoms with Crippen LogP contribution in [0.3, 0.4) is 0 Å². The Morgan fingerprint density at radius 3 is 2.36 bits per heavy atom. The average molecular weight is 485 g/mol. The number of ether oxygens (including phenoxy) is 3. The number of anilines is 1. The molecule has 1 fully saturated rings. The number of fused-ring (bicyclic) bond motifs is 2. The van der Waals surface area contributed by atoms with E-state index in [1.807, 2.05) is 41.3 Å². The van der Waals surface area contributed by atoms with Crippen molar-refractivity contribution in [3.63, 3.8) is 0 Å². The molecule has 0 bridgehead atoms. The third-order valence-corrected chi connectivity index (χ3v) is 7.42. The number of carbonyl (C=O) groups excluding carboxylic acids is 1. The summed E-state index contributed by atoms with van der Waals surface area (Å²) in [5, 5.41) is 0. The van der Waals surface area contributed by atoms with Crippen LogP contribution in [0.1, 0.15) is 22.6 Å². The van der Waals surface area contributed by atoms with Crippen molar-refractivity contribution in [2.24, 2.45) is 5.92 Å². The molecule has 6 nitrogen and oxygen atoms in total. The van der Waals surface area contributed by atoms with Crippen molar-refractivity contribution in [1.82, 2.24) is 4.90 Å². The summed E-state index contributed by atoms with van der Waals surface area (Å²) in [6.07, 6.45) is 1.92. The van der Waals surface area contributed by atoms with Gasteiger partial charge >= 0.3 is 0 Å². The van der Waals surface area contributed by atoms with Crippen molar-refractivity contribution in [3.8, 4) is 17.2 Å². The molecule has 2 aliphatic rings. The summed E-state index contributed by atoms with van der Waals surface area (Å²) < 4.78 is 16.4. The van der Waals surface area contributed by atoms with E-state index < -0.39 is 0 Å². The number of carbonyl (C=O) groups is 1. The lowest BCUT2D eigenvalue weighted by atomic mass is 9.73. The largest absolute Gasteiger partial charge is 0.497 e. The summed E-state index contributed by atoms with van der Waals surface area (Å²) in [6.45, 7) is 5.79. The van der Waals surface area contributed by atoms with E-state index in [4.69, 9.17) is 14.2 Å². The first-order valence-electron chi connectivity index (χ1n) is 12.2. The molecule has 0 unspecified atom stereocenters. The van der Waals surface area contributed by atoms with Gasteiger partial charge in [-0.1, -0.05) is 36.4 Å². The van der Waals surface area contributed by atoms with Crippen LogP contribution in [-0.4, -0.2) is 51.3 Å². The predicted molar refractivity (Wildman–Crippen MR) is 141 cm³/mol. The Kier molecular flexibility index (Phi) is 6.59. The molecular formula is C30H32N2O4. The molecule has 0 radical (unpaired) electrons. The highest BCUT2D eigenvalue weighted by Gasteiger charge is 2.51. The van der Waals surface area contributed by atoms with Gasteiger partial charge in [-0.05, 0) is 41.5 Å². The highest BCUT2D eigenvalue weighted by molar-refractivity contribution is 5.87. The zero-order valence-electron chi connectivity index (χ0n) is 21.0. The van der Waals surface area contributed by atoms with E-state index in [2.05, 4.69) is 47.9 Å². The fourth-order valence-corrected chi connectivity index (χ4v) is 5.75. The highest BCUT2D eigenvalue weighted by atomic mass is 16.5. The topological polar surface area (TPSA) is 51.2 Å². The standard InChI is InChI=1S/C30H32N2O4/c1-5-16-32-25-9-7-6-8-24(25)28(20-10-13-22(34-2)14-11-20)29-26(32)19-31(30(29)33)18-21-12-15-23(35-3)17-27(21)36-4/h5-15,17,26,28-29H,1,16,18-19H2,2-4H3/t26-,28-,29+/m1/s1. The summed E-state index contributed by atoms with van der Waals surface area (Å²) in [6, 6.07) is 22.3. The zero-order valence-corrected chi connectivity index (χ0v) is 21.0. The fourth-order valence-electron chi connectivity index (χ4n) is 5.75. The maximum atomic E-state index is 14.1. The minimum absolute atomic E-state index is 0.0294. The first kappa shape index (κ1) is 23.8. The first-order valence-corrected chi connectivity index (χ1v) is 12.2. The van der Waals surface area contributed by atoms with Crippen LogP contribution in [-0.2, 0) is 11.3 Å². The fraction of sp³-hybridized carbons (Fsp3) is 0.300. The number of benzene rings is 3. The molecule has 0 N–H and O–H groups in total. The van der Waals surface area contributed by atoms with Crippen molar-refractivity contribution < 1.29 is 19.0 Å². The van der Waals surface area contributed by atoms with Gasteiger partial charge in [-0.15, -0.1) is 6.58 Å². The number of para-hydroxylation sites is 1. The van der Waals surface area contributed by atoms with Crippen molar-refractivity contribution in [2.45, 2.75) is 18.5 Å². The zero-order chi connectivity index (χ0) is 25.2. The Hall–Kier alpha value is -3.93. The minimum atomic E-state index is -0.211. The summed E-state index contributed by atoms with van der Waals surface area (Å²) in [7, 11) is 4.94. The number of amides is 1. The maximum Gasteiger partial charge on any atom is 0.229 e. The van der Waals surface area contributed by atoms with Gasteiger partial charge in [-0.3, -0.25) is 4.79 Å². The summed E-state index contributed by atoms with van der Waals surface area (Å²) >= 11 is 0. The van der Waals surface area contributed by atoms with Crippen molar-refractivity contribution in [3.05, 3.63) is 96.1 Å². The van der Waals surface area contributed by atoms with E-state index in [1.54, 1.807) is 21.3 Å². The van der Waals surface area contributed by atoms with Crippen molar-refractivity contribution in [1.29, 1.82) is 0 Å². The van der Waals surface area contributed by atoms with Crippen LogP contribution < -0.4 is 19.1 Å². The van der Waals surface area contributed by atoms with Crippen molar-refractivity contribution in [2.75, 3.05) is 39.3 Å². The Morgan fingerprint density at radius 2 is 1.67 bits per heavy atom. The molecular weight excluding hydrogens is 452 g/mol. The van der Waals surface area contributed by atoms with E-state index in [9.17, 15) is 4.79 Å². The smallest absolute Gasteiger partial charge is 0.229 e. The Bertz CT molecular complexity index is 1260. The van der Waals surface area contributed by atoms with Gasteiger partial charge in [0, 0.05) is 42.9 Å². The summed E-state index contributed by atoms with van der Waals surface area (Å²) in [4.78, 5) is 18.4. The van der Waals surface area contributed by atoms with E-state index in [-0.39, 0.29) is 23.8 Å². The molecule has 3 aromatic carbocycles. The third kappa shape index (κ3) is 4.06. The van der Waals surface area contributed by atoms with Crippen LogP contribution in [0.2, 0.25) is 0 Å². The third-order valence-electron chi connectivity index (χ3n) is 7.42. The molecule has 2 aliphatic heterocycles. The molecule has 3 aromatic rings. The Balaban J connectivity index is 1.56. The molecule has 0 saturated carbocycles. The molecule has 5 rings (SSSR count). The van der Waals surface area contributed by atoms with Crippen LogP contribution in [0.5, 0.6) is 17.2 Å². The molecule has 1 amide bonds. The second-order valence-corrected chi connectivity index (χ2v) is 9.24. The number of methoxy groups -OCH3 is 3. The normalized spacial score (nSPS) is 20.5. The van der Waals surface area contributed by atoms with E-state index >= 15 is 0 Å². The quantitative estimate of drug-likeness (QED) is 0.427. The van der Waals surface area contributed by atoms with Crippen LogP contribution in [0, 0.1) is 5.92 Å². The lowest BCUT2D eigenvalue weighted by molar-refractivity contribution is -0.131. The lowest BCUT2D eigenvalue weighted by Gasteiger charge is -2.43. The molecule has 36 heavy (non-hydrogen) atoms. The SMILES string of the molecule is C=CCN1c2ccccc2[C@@H](c2ccc(OC)cc2)[C@H]2C(=O)N(Cc3ccc(OC)cc3OC)C[C@H]21. The van der Waals surface area contributed by atoms with E-state index in [0.29, 0.717) is 19.6 Å². The average Bonchev–Trinajstić information content (AvgIpc) is 3.24. The maximum absolute atomic E-state index is 14.1. The summed E-state index contributed by atoms with van der Waals surface area (Å²) in [5.74, 6) is 2.14. The summed E-state index contributed by atoms with van der Waals surface area (Å²) in [5.41, 5.74) is 4.41. The lowest BCUT2D eigenvalue weighted by Crippen LogP contribution is -2.47. The molecule has 1 saturated heterocycles. The van der Waals surface area contributed by atoms with E-state index in [1.165, 1.54) is 5.56 Å². The van der Waals surface area contributed by atoms with Gasteiger partial charge in [0.2, 0.25) is 5.91 Å². The van der Waals surface area contributed by atoms with Gasteiger partial charge in [0.1, 0.15) is 17.2 Å². The van der Waals surface area contributed by atoms with Gasteiger partial charge in [0.25, 0.3) is 0 Å². The predicted octanol–water partition coefficient (Wildman–Crippen LogP) is 4.88. The minimum Gasteiger partial charge on any atom is -0.497 e.